The Labute approximate surface area is 111 Å². The first-order valence-electron chi connectivity index (χ1n) is 5.91. The van der Waals surface area contributed by atoms with Crippen molar-refractivity contribution in [2.45, 2.75) is 18.9 Å². The van der Waals surface area contributed by atoms with Gasteiger partial charge in [0.15, 0.2) is 0 Å². The summed E-state index contributed by atoms with van der Waals surface area (Å²) in [6.07, 6.45) is 1.53. The molecule has 94 valence electrons. The molecule has 2 N–H and O–H groups in total. The quantitative estimate of drug-likeness (QED) is 0.883. The van der Waals surface area contributed by atoms with Crippen LogP contribution >= 0.6 is 11.6 Å². The zero-order chi connectivity index (χ0) is 13.0. The lowest BCUT2D eigenvalue weighted by Crippen LogP contribution is -2.11. The number of hydrogen-bond acceptors (Lipinski definition) is 1. The average molecular weight is 264 g/mol. The van der Waals surface area contributed by atoms with Gasteiger partial charge in [-0.25, -0.2) is 4.39 Å². The summed E-state index contributed by atoms with van der Waals surface area (Å²) in [5.41, 5.74) is 8.15. The summed E-state index contributed by atoms with van der Waals surface area (Å²) < 4.78 is 12.9. The molecule has 2 rings (SSSR count). The fourth-order valence-electron chi connectivity index (χ4n) is 1.90. The molecule has 1 nitrogen and oxygen atoms in total. The van der Waals surface area contributed by atoms with Gasteiger partial charge in [-0.2, -0.15) is 0 Å². The van der Waals surface area contributed by atoms with E-state index in [-0.39, 0.29) is 11.9 Å². The monoisotopic (exact) mass is 263 g/mol. The smallest absolute Gasteiger partial charge is 0.124 e. The van der Waals surface area contributed by atoms with Crippen molar-refractivity contribution in [2.24, 2.45) is 5.73 Å². The second-order valence-corrected chi connectivity index (χ2v) is 4.70. The second-order valence-electron chi connectivity index (χ2n) is 4.29. The van der Waals surface area contributed by atoms with Crippen molar-refractivity contribution >= 4 is 11.6 Å². The third-order valence-electron chi connectivity index (χ3n) is 2.97. The molecule has 0 radical (unpaired) electrons. The van der Waals surface area contributed by atoms with Crippen LogP contribution in [0.4, 0.5) is 4.39 Å². The van der Waals surface area contributed by atoms with Crippen molar-refractivity contribution in [3.63, 3.8) is 0 Å². The molecule has 18 heavy (non-hydrogen) atoms. The van der Waals surface area contributed by atoms with Gasteiger partial charge in [-0.05, 0) is 36.1 Å². The normalized spacial score (nSPS) is 12.4. The summed E-state index contributed by atoms with van der Waals surface area (Å²) in [6, 6.07) is 14.4. The minimum atomic E-state index is -0.309. The number of halogens is 2. The zero-order valence-electron chi connectivity index (χ0n) is 9.94. The summed E-state index contributed by atoms with van der Waals surface area (Å²) in [4.78, 5) is 0. The molecule has 0 fully saturated rings. The second kappa shape index (κ2) is 5.98. The lowest BCUT2D eigenvalue weighted by molar-refractivity contribution is 0.623. The van der Waals surface area contributed by atoms with Crippen LogP contribution < -0.4 is 5.73 Å². The van der Waals surface area contributed by atoms with Crippen LogP contribution in [0.3, 0.4) is 0 Å². The van der Waals surface area contributed by atoms with Gasteiger partial charge in [0, 0.05) is 11.1 Å². The molecule has 0 aliphatic heterocycles. The molecule has 0 heterocycles. The highest BCUT2D eigenvalue weighted by atomic mass is 35.5. The minimum absolute atomic E-state index is 0.0210. The Kier molecular flexibility index (Phi) is 4.34. The van der Waals surface area contributed by atoms with Crippen molar-refractivity contribution in [1.29, 1.82) is 0 Å². The Morgan fingerprint density at radius 2 is 1.83 bits per heavy atom. The molecule has 3 heteroatoms. The first-order valence-corrected chi connectivity index (χ1v) is 6.29. The molecule has 0 aliphatic carbocycles. The summed E-state index contributed by atoms with van der Waals surface area (Å²) in [5.74, 6) is -0.309. The van der Waals surface area contributed by atoms with Gasteiger partial charge in [-0.15, -0.1) is 0 Å². The third kappa shape index (κ3) is 3.31. The molecule has 0 aliphatic rings. The lowest BCUT2D eigenvalue weighted by Gasteiger charge is -2.12. The highest BCUT2D eigenvalue weighted by Crippen LogP contribution is 2.22. The summed E-state index contributed by atoms with van der Waals surface area (Å²) in [6.45, 7) is 0. The third-order valence-corrected chi connectivity index (χ3v) is 3.32. The Balaban J connectivity index is 1.99. The molecule has 1 atom stereocenters. The van der Waals surface area contributed by atoms with Crippen LogP contribution in [-0.2, 0) is 6.42 Å². The van der Waals surface area contributed by atoms with Crippen LogP contribution in [0.5, 0.6) is 0 Å². The predicted molar refractivity (Wildman–Crippen MR) is 73.1 cm³/mol. The minimum Gasteiger partial charge on any atom is -0.324 e. The Morgan fingerprint density at radius 1 is 1.11 bits per heavy atom. The number of hydrogen-bond donors (Lipinski definition) is 1. The van der Waals surface area contributed by atoms with E-state index in [0.29, 0.717) is 5.02 Å². The summed E-state index contributed by atoms with van der Waals surface area (Å²) in [7, 11) is 0. The molecule has 1 unspecified atom stereocenters. The standard InChI is InChI=1S/C15H15ClFN/c16-14-10-13(17)8-6-11(14)7-9-15(18)12-4-2-1-3-5-12/h1-6,8,10,15H,7,9,18H2. The zero-order valence-corrected chi connectivity index (χ0v) is 10.7. The van der Waals surface area contributed by atoms with Crippen molar-refractivity contribution in [1.82, 2.24) is 0 Å². The van der Waals surface area contributed by atoms with Gasteiger partial charge in [0.1, 0.15) is 5.82 Å². The van der Waals surface area contributed by atoms with Crippen molar-refractivity contribution in [3.05, 3.63) is 70.5 Å². The van der Waals surface area contributed by atoms with Crippen LogP contribution in [0.2, 0.25) is 5.02 Å². The summed E-state index contributed by atoms with van der Waals surface area (Å²) in [5, 5.41) is 0.468. The molecule has 0 amide bonds. The van der Waals surface area contributed by atoms with Gasteiger partial charge in [0.05, 0.1) is 0 Å². The molecule has 2 aromatic rings. The van der Waals surface area contributed by atoms with Crippen molar-refractivity contribution in [3.8, 4) is 0 Å². The van der Waals surface area contributed by atoms with E-state index in [0.717, 1.165) is 24.0 Å². The molecule has 0 bridgehead atoms. The van der Waals surface area contributed by atoms with Crippen LogP contribution in [0.1, 0.15) is 23.6 Å². The van der Waals surface area contributed by atoms with Gasteiger partial charge < -0.3 is 5.73 Å². The van der Waals surface area contributed by atoms with Crippen LogP contribution in [0, 0.1) is 5.82 Å². The van der Waals surface area contributed by atoms with E-state index in [1.165, 1.54) is 12.1 Å². The highest BCUT2D eigenvalue weighted by molar-refractivity contribution is 6.31. The average Bonchev–Trinajstić information content (AvgIpc) is 2.38. The van der Waals surface area contributed by atoms with Gasteiger partial charge in [-0.1, -0.05) is 48.0 Å². The van der Waals surface area contributed by atoms with Crippen LogP contribution in [0.25, 0.3) is 0 Å². The fourth-order valence-corrected chi connectivity index (χ4v) is 2.16. The lowest BCUT2D eigenvalue weighted by atomic mass is 10.00. The Morgan fingerprint density at radius 3 is 2.50 bits per heavy atom. The molecule has 2 aromatic carbocycles. The highest BCUT2D eigenvalue weighted by Gasteiger charge is 2.08. The summed E-state index contributed by atoms with van der Waals surface area (Å²) >= 11 is 5.98. The number of rotatable bonds is 4. The van der Waals surface area contributed by atoms with E-state index in [1.54, 1.807) is 6.07 Å². The topological polar surface area (TPSA) is 26.0 Å². The SMILES string of the molecule is NC(CCc1ccc(F)cc1Cl)c1ccccc1. The number of nitrogens with two attached hydrogens (primary N) is 1. The van der Waals surface area contributed by atoms with Gasteiger partial charge in [0.25, 0.3) is 0 Å². The Hall–Kier alpha value is -1.38. The molecular formula is C15H15ClFN. The number of aryl methyl sites for hydroxylation is 1. The van der Waals surface area contributed by atoms with Crippen LogP contribution in [0.15, 0.2) is 48.5 Å². The Bertz CT molecular complexity index is 513. The van der Waals surface area contributed by atoms with E-state index in [2.05, 4.69) is 0 Å². The predicted octanol–water partition coefficient (Wildman–Crippen LogP) is 4.11. The maximum absolute atomic E-state index is 12.9. The fraction of sp³-hybridized carbons (Fsp3) is 0.200. The first kappa shape index (κ1) is 13.1. The van der Waals surface area contributed by atoms with Gasteiger partial charge >= 0.3 is 0 Å². The maximum atomic E-state index is 12.9. The van der Waals surface area contributed by atoms with E-state index in [9.17, 15) is 4.39 Å². The van der Waals surface area contributed by atoms with Gasteiger partial charge in [0.2, 0.25) is 0 Å². The number of benzene rings is 2. The molecule has 0 spiro atoms. The molecule has 0 aromatic heterocycles. The van der Waals surface area contributed by atoms with Crippen molar-refractivity contribution in [2.75, 3.05) is 0 Å². The van der Waals surface area contributed by atoms with Crippen molar-refractivity contribution < 1.29 is 4.39 Å². The van der Waals surface area contributed by atoms with Gasteiger partial charge in [-0.3, -0.25) is 0 Å². The molecule has 0 saturated carbocycles. The maximum Gasteiger partial charge on any atom is 0.124 e. The van der Waals surface area contributed by atoms with E-state index >= 15 is 0 Å². The first-order chi connectivity index (χ1) is 8.66. The largest absolute Gasteiger partial charge is 0.324 e. The van der Waals surface area contributed by atoms with E-state index < -0.39 is 0 Å². The van der Waals surface area contributed by atoms with E-state index in [1.807, 2.05) is 30.3 Å². The molecule has 0 saturated heterocycles. The van der Waals surface area contributed by atoms with E-state index in [4.69, 9.17) is 17.3 Å². The molecular weight excluding hydrogens is 249 g/mol. The van der Waals surface area contributed by atoms with Crippen LogP contribution in [-0.4, -0.2) is 0 Å².